The predicted octanol–water partition coefficient (Wildman–Crippen LogP) is 1.22. The zero-order valence-electron chi connectivity index (χ0n) is 12.4. The Hall–Kier alpha value is -0.610. The SMILES string of the molecule is CCNCC(C)C(=O)NCC1(N(C)C)CCCC1. The van der Waals surface area contributed by atoms with Crippen molar-refractivity contribution in [2.45, 2.75) is 45.1 Å². The van der Waals surface area contributed by atoms with Crippen LogP contribution in [0.5, 0.6) is 0 Å². The van der Waals surface area contributed by atoms with Crippen LogP contribution in [0.2, 0.25) is 0 Å². The zero-order valence-corrected chi connectivity index (χ0v) is 12.4. The first kappa shape index (κ1) is 15.4. The van der Waals surface area contributed by atoms with Crippen molar-refractivity contribution in [1.82, 2.24) is 15.5 Å². The summed E-state index contributed by atoms with van der Waals surface area (Å²) in [6.07, 6.45) is 4.95. The van der Waals surface area contributed by atoms with Crippen molar-refractivity contribution in [2.24, 2.45) is 5.92 Å². The molecule has 1 amide bonds. The summed E-state index contributed by atoms with van der Waals surface area (Å²) >= 11 is 0. The van der Waals surface area contributed by atoms with E-state index < -0.39 is 0 Å². The summed E-state index contributed by atoms with van der Waals surface area (Å²) in [5.41, 5.74) is 0.188. The molecule has 106 valence electrons. The van der Waals surface area contributed by atoms with Gasteiger partial charge in [0.05, 0.1) is 0 Å². The molecule has 1 saturated carbocycles. The lowest BCUT2D eigenvalue weighted by Gasteiger charge is -2.36. The third kappa shape index (κ3) is 3.95. The molecule has 0 heterocycles. The van der Waals surface area contributed by atoms with E-state index in [1.165, 1.54) is 25.7 Å². The van der Waals surface area contributed by atoms with Gasteiger partial charge in [0.2, 0.25) is 5.91 Å². The molecular weight excluding hydrogens is 226 g/mol. The van der Waals surface area contributed by atoms with Crippen LogP contribution in [-0.4, -0.2) is 50.1 Å². The molecule has 18 heavy (non-hydrogen) atoms. The lowest BCUT2D eigenvalue weighted by Crippen LogP contribution is -2.52. The standard InChI is InChI=1S/C14H29N3O/c1-5-15-10-12(2)13(18)16-11-14(17(3)4)8-6-7-9-14/h12,15H,5-11H2,1-4H3,(H,16,18). The highest BCUT2D eigenvalue weighted by molar-refractivity contribution is 5.78. The fraction of sp³-hybridized carbons (Fsp3) is 0.929. The molecule has 4 heteroatoms. The maximum Gasteiger partial charge on any atom is 0.224 e. The molecule has 0 aromatic rings. The third-order valence-corrected chi connectivity index (χ3v) is 4.22. The minimum Gasteiger partial charge on any atom is -0.354 e. The van der Waals surface area contributed by atoms with Gasteiger partial charge in [-0.2, -0.15) is 0 Å². The topological polar surface area (TPSA) is 44.4 Å². The Labute approximate surface area is 111 Å². The number of rotatable bonds is 7. The quantitative estimate of drug-likeness (QED) is 0.719. The fourth-order valence-corrected chi connectivity index (χ4v) is 2.69. The van der Waals surface area contributed by atoms with Crippen molar-refractivity contribution in [3.63, 3.8) is 0 Å². The molecule has 0 spiro atoms. The maximum absolute atomic E-state index is 12.0. The number of nitrogens with zero attached hydrogens (tertiary/aromatic N) is 1. The molecular formula is C14H29N3O. The first-order chi connectivity index (χ1) is 8.52. The first-order valence-corrected chi connectivity index (χ1v) is 7.17. The molecule has 0 aliphatic heterocycles. The van der Waals surface area contributed by atoms with Crippen molar-refractivity contribution in [3.05, 3.63) is 0 Å². The Balaban J connectivity index is 2.40. The number of hydrogen-bond donors (Lipinski definition) is 2. The summed E-state index contributed by atoms with van der Waals surface area (Å²) in [6, 6.07) is 0. The average Bonchev–Trinajstić information content (AvgIpc) is 2.83. The van der Waals surface area contributed by atoms with Crippen LogP contribution in [-0.2, 0) is 4.79 Å². The van der Waals surface area contributed by atoms with Crippen molar-refractivity contribution >= 4 is 5.91 Å². The predicted molar refractivity (Wildman–Crippen MR) is 75.6 cm³/mol. The zero-order chi connectivity index (χ0) is 13.6. The highest BCUT2D eigenvalue weighted by Gasteiger charge is 2.36. The summed E-state index contributed by atoms with van der Waals surface area (Å²) in [4.78, 5) is 14.3. The molecule has 1 aliphatic rings. The minimum atomic E-state index is 0.0468. The van der Waals surface area contributed by atoms with Crippen molar-refractivity contribution in [1.29, 1.82) is 0 Å². The van der Waals surface area contributed by atoms with Gasteiger partial charge in [0.1, 0.15) is 0 Å². The number of likely N-dealkylation sites (N-methyl/N-ethyl adjacent to an activating group) is 1. The normalized spacial score (nSPS) is 20.1. The lowest BCUT2D eigenvalue weighted by atomic mass is 9.95. The van der Waals surface area contributed by atoms with Gasteiger partial charge in [-0.1, -0.05) is 26.7 Å². The van der Waals surface area contributed by atoms with Gasteiger partial charge in [-0.25, -0.2) is 0 Å². The Morgan fingerprint density at radius 2 is 1.94 bits per heavy atom. The molecule has 1 aliphatic carbocycles. The highest BCUT2D eigenvalue weighted by Crippen LogP contribution is 2.33. The van der Waals surface area contributed by atoms with Gasteiger partial charge in [-0.3, -0.25) is 4.79 Å². The van der Waals surface area contributed by atoms with Crippen LogP contribution >= 0.6 is 0 Å². The van der Waals surface area contributed by atoms with Crippen molar-refractivity contribution in [3.8, 4) is 0 Å². The van der Waals surface area contributed by atoms with E-state index in [9.17, 15) is 4.79 Å². The minimum absolute atomic E-state index is 0.0468. The summed E-state index contributed by atoms with van der Waals surface area (Å²) in [6.45, 7) is 6.50. The Morgan fingerprint density at radius 1 is 1.33 bits per heavy atom. The Bertz CT molecular complexity index is 260. The van der Waals surface area contributed by atoms with E-state index in [0.29, 0.717) is 0 Å². The first-order valence-electron chi connectivity index (χ1n) is 7.17. The lowest BCUT2D eigenvalue weighted by molar-refractivity contribution is -0.125. The number of carbonyl (C=O) groups is 1. The van der Waals surface area contributed by atoms with Gasteiger partial charge >= 0.3 is 0 Å². The van der Waals surface area contributed by atoms with Crippen LogP contribution in [0.15, 0.2) is 0 Å². The van der Waals surface area contributed by atoms with E-state index in [-0.39, 0.29) is 17.4 Å². The van der Waals surface area contributed by atoms with E-state index in [2.05, 4.69) is 36.6 Å². The number of hydrogen-bond acceptors (Lipinski definition) is 3. The van der Waals surface area contributed by atoms with Crippen molar-refractivity contribution in [2.75, 3.05) is 33.7 Å². The highest BCUT2D eigenvalue weighted by atomic mass is 16.1. The molecule has 0 bridgehead atoms. The molecule has 1 unspecified atom stereocenters. The van der Waals surface area contributed by atoms with Crippen LogP contribution in [0.25, 0.3) is 0 Å². The van der Waals surface area contributed by atoms with Crippen LogP contribution in [0.4, 0.5) is 0 Å². The van der Waals surface area contributed by atoms with Crippen LogP contribution in [0.3, 0.4) is 0 Å². The molecule has 0 aromatic carbocycles. The van der Waals surface area contributed by atoms with E-state index >= 15 is 0 Å². The summed E-state index contributed by atoms with van der Waals surface area (Å²) in [5.74, 6) is 0.217. The van der Waals surface area contributed by atoms with Crippen LogP contribution in [0, 0.1) is 5.92 Å². The van der Waals surface area contributed by atoms with E-state index in [1.54, 1.807) is 0 Å². The molecule has 0 saturated heterocycles. The second-order valence-electron chi connectivity index (χ2n) is 5.75. The smallest absolute Gasteiger partial charge is 0.224 e. The summed E-state index contributed by atoms with van der Waals surface area (Å²) < 4.78 is 0. The molecule has 0 aromatic heterocycles. The Kier molecular flexibility index (Phi) is 6.09. The molecule has 1 atom stereocenters. The molecule has 1 fully saturated rings. The fourth-order valence-electron chi connectivity index (χ4n) is 2.69. The maximum atomic E-state index is 12.0. The van der Waals surface area contributed by atoms with Gasteiger partial charge < -0.3 is 15.5 Å². The third-order valence-electron chi connectivity index (χ3n) is 4.22. The number of carbonyl (C=O) groups excluding carboxylic acids is 1. The van der Waals surface area contributed by atoms with Gasteiger partial charge in [0.25, 0.3) is 0 Å². The molecule has 0 radical (unpaired) electrons. The number of nitrogens with one attached hydrogen (secondary N) is 2. The van der Waals surface area contributed by atoms with Gasteiger partial charge in [0, 0.05) is 24.5 Å². The van der Waals surface area contributed by atoms with E-state index in [0.717, 1.165) is 19.6 Å². The summed E-state index contributed by atoms with van der Waals surface area (Å²) in [7, 11) is 4.25. The van der Waals surface area contributed by atoms with Crippen LogP contribution in [0.1, 0.15) is 39.5 Å². The average molecular weight is 255 g/mol. The van der Waals surface area contributed by atoms with Gasteiger partial charge in [-0.15, -0.1) is 0 Å². The van der Waals surface area contributed by atoms with Crippen LogP contribution < -0.4 is 10.6 Å². The largest absolute Gasteiger partial charge is 0.354 e. The van der Waals surface area contributed by atoms with E-state index in [1.807, 2.05) is 6.92 Å². The number of amides is 1. The second kappa shape index (κ2) is 7.10. The Morgan fingerprint density at radius 3 is 2.44 bits per heavy atom. The van der Waals surface area contributed by atoms with E-state index in [4.69, 9.17) is 0 Å². The molecule has 4 nitrogen and oxygen atoms in total. The molecule has 1 rings (SSSR count). The van der Waals surface area contributed by atoms with Crippen molar-refractivity contribution < 1.29 is 4.79 Å². The molecule has 2 N–H and O–H groups in total. The monoisotopic (exact) mass is 255 g/mol. The second-order valence-corrected chi connectivity index (χ2v) is 5.75. The summed E-state index contributed by atoms with van der Waals surface area (Å²) in [5, 5.41) is 6.35. The van der Waals surface area contributed by atoms with Gasteiger partial charge in [-0.05, 0) is 33.5 Å². The van der Waals surface area contributed by atoms with Gasteiger partial charge in [0.15, 0.2) is 0 Å².